The molecule has 16 heavy (non-hydrogen) atoms. The summed E-state index contributed by atoms with van der Waals surface area (Å²) in [6.45, 7) is 6.38. The summed E-state index contributed by atoms with van der Waals surface area (Å²) in [7, 11) is 0. The van der Waals surface area contributed by atoms with Gasteiger partial charge in [0.05, 0.1) is 0 Å². The lowest BCUT2D eigenvalue weighted by Crippen LogP contribution is -2.55. The Balaban J connectivity index is 2.18. The van der Waals surface area contributed by atoms with E-state index in [1.54, 1.807) is 0 Å². The minimum absolute atomic E-state index is 0.167. The van der Waals surface area contributed by atoms with Crippen molar-refractivity contribution in [2.45, 2.75) is 32.4 Å². The maximum Gasteiger partial charge on any atom is 0.123 e. The van der Waals surface area contributed by atoms with Gasteiger partial charge in [-0.3, -0.25) is 0 Å². The van der Waals surface area contributed by atoms with Gasteiger partial charge in [-0.1, -0.05) is 6.92 Å². The molecule has 1 fully saturated rings. The van der Waals surface area contributed by atoms with Crippen molar-refractivity contribution in [3.8, 4) is 0 Å². The standard InChI is InChI=1S/C13H19FN2/c1-3-12-8-15-10(2)9-16(12)13-6-4-11(14)5-7-13/h4-7,10,12,15H,3,8-9H2,1-2H3. The smallest absolute Gasteiger partial charge is 0.123 e. The van der Waals surface area contributed by atoms with Crippen LogP contribution in [-0.4, -0.2) is 25.2 Å². The highest BCUT2D eigenvalue weighted by Gasteiger charge is 2.24. The van der Waals surface area contributed by atoms with Crippen LogP contribution in [0.5, 0.6) is 0 Å². The molecule has 2 rings (SSSR count). The average Bonchev–Trinajstić information content (AvgIpc) is 2.30. The van der Waals surface area contributed by atoms with Gasteiger partial charge in [0, 0.05) is 30.9 Å². The first kappa shape index (κ1) is 11.4. The van der Waals surface area contributed by atoms with Gasteiger partial charge in [0.15, 0.2) is 0 Å². The van der Waals surface area contributed by atoms with Crippen LogP contribution in [0.2, 0.25) is 0 Å². The van der Waals surface area contributed by atoms with Crippen molar-refractivity contribution < 1.29 is 4.39 Å². The van der Waals surface area contributed by atoms with Crippen LogP contribution < -0.4 is 10.2 Å². The lowest BCUT2D eigenvalue weighted by Gasteiger charge is -2.40. The van der Waals surface area contributed by atoms with Crippen LogP contribution in [0.4, 0.5) is 10.1 Å². The van der Waals surface area contributed by atoms with Gasteiger partial charge in [-0.05, 0) is 37.6 Å². The molecule has 2 unspecified atom stereocenters. The number of hydrogen-bond acceptors (Lipinski definition) is 2. The van der Waals surface area contributed by atoms with E-state index in [0.717, 1.165) is 25.2 Å². The van der Waals surface area contributed by atoms with Crippen molar-refractivity contribution >= 4 is 5.69 Å². The second kappa shape index (κ2) is 4.83. The Hall–Kier alpha value is -1.09. The van der Waals surface area contributed by atoms with Crippen LogP contribution >= 0.6 is 0 Å². The van der Waals surface area contributed by atoms with Gasteiger partial charge >= 0.3 is 0 Å². The van der Waals surface area contributed by atoms with Crippen LogP contribution in [0.15, 0.2) is 24.3 Å². The molecule has 2 atom stereocenters. The molecule has 1 aromatic carbocycles. The molecule has 0 amide bonds. The molecule has 88 valence electrons. The third-order valence-electron chi connectivity index (χ3n) is 3.24. The molecule has 0 saturated carbocycles. The van der Waals surface area contributed by atoms with Crippen molar-refractivity contribution in [1.82, 2.24) is 5.32 Å². The van der Waals surface area contributed by atoms with Gasteiger partial charge in [0.1, 0.15) is 5.82 Å². The molecule has 0 spiro atoms. The Morgan fingerprint density at radius 3 is 2.69 bits per heavy atom. The Kier molecular flexibility index (Phi) is 3.44. The predicted molar refractivity (Wildman–Crippen MR) is 65.3 cm³/mol. The van der Waals surface area contributed by atoms with E-state index < -0.39 is 0 Å². The zero-order valence-electron chi connectivity index (χ0n) is 9.91. The second-order valence-corrected chi connectivity index (χ2v) is 4.50. The highest BCUT2D eigenvalue weighted by molar-refractivity contribution is 5.48. The summed E-state index contributed by atoms with van der Waals surface area (Å²) >= 11 is 0. The Labute approximate surface area is 96.5 Å². The quantitative estimate of drug-likeness (QED) is 0.826. The Morgan fingerprint density at radius 2 is 2.06 bits per heavy atom. The average molecular weight is 222 g/mol. The fourth-order valence-corrected chi connectivity index (χ4v) is 2.27. The number of nitrogens with one attached hydrogen (secondary N) is 1. The monoisotopic (exact) mass is 222 g/mol. The van der Waals surface area contributed by atoms with Crippen molar-refractivity contribution in [1.29, 1.82) is 0 Å². The van der Waals surface area contributed by atoms with Crippen molar-refractivity contribution in [2.24, 2.45) is 0 Å². The summed E-state index contributed by atoms with van der Waals surface area (Å²) in [5.74, 6) is -0.167. The summed E-state index contributed by atoms with van der Waals surface area (Å²) < 4.78 is 12.9. The van der Waals surface area contributed by atoms with Crippen molar-refractivity contribution in [3.63, 3.8) is 0 Å². The number of benzene rings is 1. The van der Waals surface area contributed by atoms with E-state index in [-0.39, 0.29) is 5.82 Å². The molecule has 2 nitrogen and oxygen atoms in total. The van der Waals surface area contributed by atoms with Gasteiger partial charge in [-0.15, -0.1) is 0 Å². The lowest BCUT2D eigenvalue weighted by molar-refractivity contribution is 0.402. The fraction of sp³-hybridized carbons (Fsp3) is 0.538. The van der Waals surface area contributed by atoms with E-state index in [1.165, 1.54) is 12.1 Å². The van der Waals surface area contributed by atoms with Crippen LogP contribution in [0.1, 0.15) is 20.3 Å². The molecule has 0 aliphatic carbocycles. The molecule has 1 aliphatic heterocycles. The summed E-state index contributed by atoms with van der Waals surface area (Å²) in [6.07, 6.45) is 1.11. The number of nitrogens with zero attached hydrogens (tertiary/aromatic N) is 1. The topological polar surface area (TPSA) is 15.3 Å². The summed E-state index contributed by atoms with van der Waals surface area (Å²) in [4.78, 5) is 2.38. The third-order valence-corrected chi connectivity index (χ3v) is 3.24. The molecule has 0 bridgehead atoms. The first-order valence-electron chi connectivity index (χ1n) is 5.96. The van der Waals surface area contributed by atoms with Crippen molar-refractivity contribution in [3.05, 3.63) is 30.1 Å². The van der Waals surface area contributed by atoms with Gasteiger partial charge in [-0.2, -0.15) is 0 Å². The summed E-state index contributed by atoms with van der Waals surface area (Å²) in [6, 6.07) is 7.82. The van der Waals surface area contributed by atoms with Gasteiger partial charge < -0.3 is 10.2 Å². The third kappa shape index (κ3) is 2.35. The highest BCUT2D eigenvalue weighted by atomic mass is 19.1. The number of piperazine rings is 1. The summed E-state index contributed by atoms with van der Waals surface area (Å²) in [5.41, 5.74) is 1.13. The van der Waals surface area contributed by atoms with Gasteiger partial charge in [-0.25, -0.2) is 4.39 Å². The minimum atomic E-state index is -0.167. The fourth-order valence-electron chi connectivity index (χ4n) is 2.27. The van der Waals surface area contributed by atoms with Crippen LogP contribution in [0.25, 0.3) is 0 Å². The SMILES string of the molecule is CCC1CNC(C)CN1c1ccc(F)cc1. The van der Waals surface area contributed by atoms with E-state index in [0.29, 0.717) is 12.1 Å². The molecular weight excluding hydrogens is 203 g/mol. The molecule has 1 saturated heterocycles. The minimum Gasteiger partial charge on any atom is -0.366 e. The van der Waals surface area contributed by atoms with E-state index >= 15 is 0 Å². The number of hydrogen-bond donors (Lipinski definition) is 1. The van der Waals surface area contributed by atoms with E-state index in [1.807, 2.05) is 12.1 Å². The molecule has 1 N–H and O–H groups in total. The summed E-state index contributed by atoms with van der Waals surface area (Å²) in [5, 5.41) is 3.48. The predicted octanol–water partition coefficient (Wildman–Crippen LogP) is 2.40. The second-order valence-electron chi connectivity index (χ2n) is 4.50. The first-order chi connectivity index (χ1) is 7.70. The molecule has 3 heteroatoms. The normalized spacial score (nSPS) is 25.8. The first-order valence-corrected chi connectivity index (χ1v) is 5.96. The number of rotatable bonds is 2. The van der Waals surface area contributed by atoms with E-state index in [4.69, 9.17) is 0 Å². The van der Waals surface area contributed by atoms with Crippen LogP contribution in [0.3, 0.4) is 0 Å². The lowest BCUT2D eigenvalue weighted by atomic mass is 10.1. The molecule has 0 radical (unpaired) electrons. The number of anilines is 1. The van der Waals surface area contributed by atoms with Crippen molar-refractivity contribution in [2.75, 3.05) is 18.0 Å². The van der Waals surface area contributed by atoms with Gasteiger partial charge in [0.2, 0.25) is 0 Å². The Morgan fingerprint density at radius 1 is 1.38 bits per heavy atom. The highest BCUT2D eigenvalue weighted by Crippen LogP contribution is 2.21. The van der Waals surface area contributed by atoms with Crippen LogP contribution in [-0.2, 0) is 0 Å². The maximum atomic E-state index is 12.9. The molecule has 1 aliphatic rings. The maximum absolute atomic E-state index is 12.9. The van der Waals surface area contributed by atoms with Crippen LogP contribution in [0, 0.1) is 5.82 Å². The zero-order chi connectivity index (χ0) is 11.5. The molecule has 1 heterocycles. The molecule has 0 aromatic heterocycles. The van der Waals surface area contributed by atoms with Gasteiger partial charge in [0.25, 0.3) is 0 Å². The number of halogens is 1. The Bertz CT molecular complexity index is 336. The molecule has 1 aromatic rings. The van der Waals surface area contributed by atoms with E-state index in [2.05, 4.69) is 24.1 Å². The van der Waals surface area contributed by atoms with E-state index in [9.17, 15) is 4.39 Å². The largest absolute Gasteiger partial charge is 0.366 e. The zero-order valence-corrected chi connectivity index (χ0v) is 9.91. The molecular formula is C13H19FN2.